The Hall–Kier alpha value is -1.01. The maximum absolute atomic E-state index is 12.0. The van der Waals surface area contributed by atoms with E-state index < -0.39 is 0 Å². The molecule has 5 nitrogen and oxygen atoms in total. The van der Waals surface area contributed by atoms with Gasteiger partial charge in [0.1, 0.15) is 0 Å². The Morgan fingerprint density at radius 3 is 2.18 bits per heavy atom. The van der Waals surface area contributed by atoms with E-state index in [4.69, 9.17) is 34.8 Å². The predicted molar refractivity (Wildman–Crippen MR) is 90.9 cm³/mol. The molecule has 0 unspecified atom stereocenters. The standard InChI is InChI=1S/C14H18Cl3N3O2/c1-8(2)18-13(21)6-20(3)7-14(22)19-12-5-10(16)9(15)4-11(12)17/h4-5,8H,6-7H2,1-3H3,(H,18,21)(H,19,22). The fraction of sp³-hybridized carbons (Fsp3) is 0.429. The average Bonchev–Trinajstić information content (AvgIpc) is 2.34. The molecule has 0 aliphatic rings. The Morgan fingerprint density at radius 2 is 1.59 bits per heavy atom. The van der Waals surface area contributed by atoms with E-state index in [1.165, 1.54) is 12.1 Å². The van der Waals surface area contributed by atoms with Crippen molar-refractivity contribution >= 4 is 52.3 Å². The molecule has 0 aliphatic carbocycles. The van der Waals surface area contributed by atoms with Gasteiger partial charge in [0.2, 0.25) is 11.8 Å². The number of amides is 2. The van der Waals surface area contributed by atoms with Gasteiger partial charge in [-0.1, -0.05) is 34.8 Å². The van der Waals surface area contributed by atoms with Crippen LogP contribution in [0.15, 0.2) is 12.1 Å². The highest BCUT2D eigenvalue weighted by Crippen LogP contribution is 2.32. The number of hydrogen-bond acceptors (Lipinski definition) is 3. The molecule has 0 fully saturated rings. The van der Waals surface area contributed by atoms with Crippen LogP contribution in [0.5, 0.6) is 0 Å². The van der Waals surface area contributed by atoms with E-state index in [1.807, 2.05) is 13.8 Å². The van der Waals surface area contributed by atoms with Crippen molar-refractivity contribution in [2.45, 2.75) is 19.9 Å². The lowest BCUT2D eigenvalue weighted by Gasteiger charge is -2.17. The number of likely N-dealkylation sites (N-methyl/N-ethyl adjacent to an activating group) is 1. The van der Waals surface area contributed by atoms with Crippen LogP contribution in [0.3, 0.4) is 0 Å². The molecule has 1 rings (SSSR count). The number of nitrogens with one attached hydrogen (secondary N) is 2. The van der Waals surface area contributed by atoms with E-state index in [0.29, 0.717) is 20.8 Å². The number of carbonyl (C=O) groups excluding carboxylic acids is 2. The molecule has 1 aromatic carbocycles. The van der Waals surface area contributed by atoms with Crippen molar-refractivity contribution in [3.63, 3.8) is 0 Å². The van der Waals surface area contributed by atoms with Gasteiger partial charge in [0.05, 0.1) is 33.8 Å². The molecular formula is C14H18Cl3N3O2. The second-order valence-electron chi connectivity index (χ2n) is 5.19. The van der Waals surface area contributed by atoms with Crippen molar-refractivity contribution in [1.82, 2.24) is 10.2 Å². The van der Waals surface area contributed by atoms with Gasteiger partial charge in [-0.2, -0.15) is 0 Å². The van der Waals surface area contributed by atoms with E-state index >= 15 is 0 Å². The molecule has 2 N–H and O–H groups in total. The summed E-state index contributed by atoms with van der Waals surface area (Å²) in [5, 5.41) is 6.29. The van der Waals surface area contributed by atoms with Gasteiger partial charge in [-0.15, -0.1) is 0 Å². The van der Waals surface area contributed by atoms with E-state index in [-0.39, 0.29) is 30.9 Å². The Morgan fingerprint density at radius 1 is 1.05 bits per heavy atom. The fourth-order valence-corrected chi connectivity index (χ4v) is 2.32. The summed E-state index contributed by atoms with van der Waals surface area (Å²) in [6.45, 7) is 3.91. The molecule has 0 bridgehead atoms. The molecule has 2 amide bonds. The first kappa shape index (κ1) is 19.0. The summed E-state index contributed by atoms with van der Waals surface area (Å²) >= 11 is 17.7. The second kappa shape index (κ2) is 8.58. The first-order valence-electron chi connectivity index (χ1n) is 6.61. The molecule has 0 aromatic heterocycles. The minimum absolute atomic E-state index is 0.0437. The van der Waals surface area contributed by atoms with Crippen LogP contribution in [0.25, 0.3) is 0 Å². The number of nitrogens with zero attached hydrogens (tertiary/aromatic N) is 1. The summed E-state index contributed by atoms with van der Waals surface area (Å²) in [5.74, 6) is -0.446. The van der Waals surface area contributed by atoms with Crippen LogP contribution in [0, 0.1) is 0 Å². The van der Waals surface area contributed by atoms with Crippen molar-refractivity contribution in [2.75, 3.05) is 25.5 Å². The summed E-state index contributed by atoms with van der Waals surface area (Å²) in [5.41, 5.74) is 0.376. The van der Waals surface area contributed by atoms with Gasteiger partial charge in [-0.3, -0.25) is 14.5 Å². The van der Waals surface area contributed by atoms with Crippen LogP contribution in [0.4, 0.5) is 5.69 Å². The monoisotopic (exact) mass is 365 g/mol. The molecule has 1 aromatic rings. The Balaban J connectivity index is 2.56. The third-order valence-electron chi connectivity index (χ3n) is 2.56. The maximum Gasteiger partial charge on any atom is 0.238 e. The number of carbonyl (C=O) groups is 2. The fourth-order valence-electron chi connectivity index (χ4n) is 1.72. The van der Waals surface area contributed by atoms with Crippen LogP contribution in [0.1, 0.15) is 13.8 Å². The Kier molecular flexibility index (Phi) is 7.42. The van der Waals surface area contributed by atoms with Crippen LogP contribution >= 0.6 is 34.8 Å². The van der Waals surface area contributed by atoms with Gasteiger partial charge < -0.3 is 10.6 Å². The number of benzene rings is 1. The second-order valence-corrected chi connectivity index (χ2v) is 6.41. The zero-order chi connectivity index (χ0) is 16.9. The van der Waals surface area contributed by atoms with Crippen molar-refractivity contribution in [3.8, 4) is 0 Å². The minimum Gasteiger partial charge on any atom is -0.353 e. The van der Waals surface area contributed by atoms with E-state index in [2.05, 4.69) is 10.6 Å². The number of hydrogen-bond donors (Lipinski definition) is 2. The highest BCUT2D eigenvalue weighted by molar-refractivity contribution is 6.44. The van der Waals surface area contributed by atoms with Gasteiger partial charge in [0.15, 0.2) is 0 Å². The summed E-state index contributed by atoms with van der Waals surface area (Å²) in [6, 6.07) is 3.00. The molecule has 0 atom stereocenters. The Bertz CT molecular complexity index is 565. The van der Waals surface area contributed by atoms with Crippen molar-refractivity contribution < 1.29 is 9.59 Å². The molecule has 0 spiro atoms. The third kappa shape index (κ3) is 6.40. The largest absolute Gasteiger partial charge is 0.353 e. The van der Waals surface area contributed by atoms with Crippen LogP contribution in [-0.2, 0) is 9.59 Å². The van der Waals surface area contributed by atoms with Gasteiger partial charge in [0, 0.05) is 6.04 Å². The summed E-state index contributed by atoms with van der Waals surface area (Å²) in [4.78, 5) is 25.2. The molecule has 0 radical (unpaired) electrons. The molecule has 122 valence electrons. The number of anilines is 1. The Labute approximate surface area is 144 Å². The number of halogens is 3. The first-order chi connectivity index (χ1) is 10.2. The van der Waals surface area contributed by atoms with Crippen molar-refractivity contribution in [3.05, 3.63) is 27.2 Å². The zero-order valence-electron chi connectivity index (χ0n) is 12.5. The number of rotatable bonds is 6. The molecule has 8 heteroatoms. The molecule has 0 saturated heterocycles. The quantitative estimate of drug-likeness (QED) is 0.761. The van der Waals surface area contributed by atoms with Crippen molar-refractivity contribution in [1.29, 1.82) is 0 Å². The van der Waals surface area contributed by atoms with Gasteiger partial charge in [0.25, 0.3) is 0 Å². The zero-order valence-corrected chi connectivity index (χ0v) is 14.8. The lowest BCUT2D eigenvalue weighted by Crippen LogP contribution is -2.41. The molecular weight excluding hydrogens is 349 g/mol. The van der Waals surface area contributed by atoms with E-state index in [0.717, 1.165) is 0 Å². The maximum atomic E-state index is 12.0. The highest BCUT2D eigenvalue weighted by Gasteiger charge is 2.13. The lowest BCUT2D eigenvalue weighted by molar-refractivity contribution is -0.123. The molecule has 0 aliphatic heterocycles. The third-order valence-corrected chi connectivity index (χ3v) is 3.60. The van der Waals surface area contributed by atoms with Crippen molar-refractivity contribution in [2.24, 2.45) is 0 Å². The molecule has 0 heterocycles. The summed E-state index contributed by atoms with van der Waals surface area (Å²) in [6.07, 6.45) is 0. The van der Waals surface area contributed by atoms with E-state index in [9.17, 15) is 9.59 Å². The lowest BCUT2D eigenvalue weighted by atomic mass is 10.3. The van der Waals surface area contributed by atoms with Crippen LogP contribution < -0.4 is 10.6 Å². The van der Waals surface area contributed by atoms with Crippen LogP contribution in [0.2, 0.25) is 15.1 Å². The highest BCUT2D eigenvalue weighted by atomic mass is 35.5. The van der Waals surface area contributed by atoms with E-state index in [1.54, 1.807) is 11.9 Å². The summed E-state index contributed by atoms with van der Waals surface area (Å²) in [7, 11) is 1.68. The molecule has 22 heavy (non-hydrogen) atoms. The topological polar surface area (TPSA) is 61.4 Å². The average molecular weight is 367 g/mol. The van der Waals surface area contributed by atoms with Gasteiger partial charge >= 0.3 is 0 Å². The normalized spacial score (nSPS) is 10.9. The predicted octanol–water partition coefficient (Wildman–Crippen LogP) is 3.04. The SMILES string of the molecule is CC(C)NC(=O)CN(C)CC(=O)Nc1cc(Cl)c(Cl)cc1Cl. The minimum atomic E-state index is -0.305. The molecule has 0 saturated carbocycles. The van der Waals surface area contributed by atoms with Crippen LogP contribution in [-0.4, -0.2) is 42.9 Å². The van der Waals surface area contributed by atoms with Gasteiger partial charge in [-0.05, 0) is 33.0 Å². The smallest absolute Gasteiger partial charge is 0.238 e. The first-order valence-corrected chi connectivity index (χ1v) is 7.74. The summed E-state index contributed by atoms with van der Waals surface area (Å²) < 4.78 is 0. The van der Waals surface area contributed by atoms with Gasteiger partial charge in [-0.25, -0.2) is 0 Å².